The molecule has 1 unspecified atom stereocenters. The first-order chi connectivity index (χ1) is 8.47. The predicted molar refractivity (Wildman–Crippen MR) is 61.2 cm³/mol. The lowest BCUT2D eigenvalue weighted by molar-refractivity contribution is -0.163. The third-order valence-corrected chi connectivity index (χ3v) is 2.22. The Kier molecular flexibility index (Phi) is 7.36. The van der Waals surface area contributed by atoms with Crippen molar-refractivity contribution in [3.8, 4) is 6.07 Å². The summed E-state index contributed by atoms with van der Waals surface area (Å²) in [6, 6.07) is 1.76. The van der Waals surface area contributed by atoms with Crippen molar-refractivity contribution < 1.29 is 23.9 Å². The van der Waals surface area contributed by atoms with Crippen LogP contribution in [0.4, 0.5) is 0 Å². The summed E-state index contributed by atoms with van der Waals surface area (Å²) < 4.78 is 9.42. The van der Waals surface area contributed by atoms with Gasteiger partial charge in [0.05, 0.1) is 19.3 Å². The van der Waals surface area contributed by atoms with E-state index in [2.05, 4.69) is 0 Å². The van der Waals surface area contributed by atoms with E-state index in [-0.39, 0.29) is 19.6 Å². The number of ketones is 1. The number of esters is 2. The second-order valence-corrected chi connectivity index (χ2v) is 3.58. The minimum Gasteiger partial charge on any atom is -0.465 e. The number of carbonyl (C=O) groups is 3. The number of nitriles is 1. The van der Waals surface area contributed by atoms with E-state index in [0.29, 0.717) is 0 Å². The lowest BCUT2D eigenvalue weighted by atomic mass is 9.96. The van der Waals surface area contributed by atoms with Crippen LogP contribution in [0.2, 0.25) is 0 Å². The van der Waals surface area contributed by atoms with Crippen LogP contribution in [0.3, 0.4) is 0 Å². The van der Waals surface area contributed by atoms with Gasteiger partial charge in [-0.05, 0) is 20.8 Å². The molecular formula is C12H17NO5. The van der Waals surface area contributed by atoms with E-state index >= 15 is 0 Å². The molecule has 0 amide bonds. The van der Waals surface area contributed by atoms with Crippen molar-refractivity contribution in [1.29, 1.82) is 5.26 Å². The van der Waals surface area contributed by atoms with Gasteiger partial charge in [0.25, 0.3) is 0 Å². The molecule has 0 N–H and O–H groups in total. The zero-order valence-electron chi connectivity index (χ0n) is 10.8. The van der Waals surface area contributed by atoms with Gasteiger partial charge in [0.15, 0.2) is 11.7 Å². The van der Waals surface area contributed by atoms with Crippen molar-refractivity contribution in [3.63, 3.8) is 0 Å². The highest BCUT2D eigenvalue weighted by Gasteiger charge is 2.33. The second-order valence-electron chi connectivity index (χ2n) is 3.58. The van der Waals surface area contributed by atoms with Crippen molar-refractivity contribution in [2.24, 2.45) is 11.8 Å². The van der Waals surface area contributed by atoms with Crippen molar-refractivity contribution in [2.45, 2.75) is 27.2 Å². The standard InChI is InChI=1S/C12H17NO5/c1-4-17-11(15)9(12(16)18-5-2)6-10(14)8(3)7-13/h8-9H,4-6H2,1-3H3. The summed E-state index contributed by atoms with van der Waals surface area (Å²) in [5, 5.41) is 8.60. The maximum Gasteiger partial charge on any atom is 0.320 e. The zero-order valence-corrected chi connectivity index (χ0v) is 10.8. The monoisotopic (exact) mass is 255 g/mol. The first kappa shape index (κ1) is 16.1. The molecule has 0 rings (SSSR count). The van der Waals surface area contributed by atoms with Crippen LogP contribution >= 0.6 is 0 Å². The summed E-state index contributed by atoms with van der Waals surface area (Å²) in [7, 11) is 0. The second kappa shape index (κ2) is 8.23. The normalized spacial score (nSPS) is 11.5. The molecule has 0 aliphatic rings. The van der Waals surface area contributed by atoms with Gasteiger partial charge in [0, 0.05) is 6.42 Å². The van der Waals surface area contributed by atoms with Gasteiger partial charge in [-0.2, -0.15) is 5.26 Å². The highest BCUT2D eigenvalue weighted by molar-refractivity contribution is 5.99. The van der Waals surface area contributed by atoms with E-state index in [9.17, 15) is 14.4 Å². The van der Waals surface area contributed by atoms with Crippen molar-refractivity contribution >= 4 is 17.7 Å². The molecule has 0 aromatic rings. The quantitative estimate of drug-likeness (QED) is 0.494. The highest BCUT2D eigenvalue weighted by Crippen LogP contribution is 2.13. The Bertz CT molecular complexity index is 340. The molecule has 0 heterocycles. The molecule has 18 heavy (non-hydrogen) atoms. The summed E-state index contributed by atoms with van der Waals surface area (Å²) in [5.41, 5.74) is 0. The van der Waals surface area contributed by atoms with E-state index in [4.69, 9.17) is 14.7 Å². The molecule has 0 spiro atoms. The van der Waals surface area contributed by atoms with Crippen LogP contribution in [0.5, 0.6) is 0 Å². The molecule has 0 fully saturated rings. The van der Waals surface area contributed by atoms with Gasteiger partial charge in [0.2, 0.25) is 0 Å². The van der Waals surface area contributed by atoms with E-state index in [1.54, 1.807) is 19.9 Å². The molecule has 0 aliphatic carbocycles. The Morgan fingerprint density at radius 1 is 1.11 bits per heavy atom. The summed E-state index contributed by atoms with van der Waals surface area (Å²) >= 11 is 0. The average molecular weight is 255 g/mol. The fraction of sp³-hybridized carbons (Fsp3) is 0.667. The first-order valence-corrected chi connectivity index (χ1v) is 5.73. The topological polar surface area (TPSA) is 93.5 Å². The number of nitrogens with zero attached hydrogens (tertiary/aromatic N) is 1. The SMILES string of the molecule is CCOC(=O)C(CC(=O)C(C)C#N)C(=O)OCC. The van der Waals surface area contributed by atoms with Crippen LogP contribution in [0.1, 0.15) is 27.2 Å². The largest absolute Gasteiger partial charge is 0.465 e. The number of rotatable bonds is 7. The minimum atomic E-state index is -1.28. The summed E-state index contributed by atoms with van der Waals surface area (Å²) in [6.07, 6.45) is -0.369. The van der Waals surface area contributed by atoms with Crippen LogP contribution in [0.25, 0.3) is 0 Å². The lowest BCUT2D eigenvalue weighted by Crippen LogP contribution is -2.31. The van der Waals surface area contributed by atoms with Gasteiger partial charge < -0.3 is 9.47 Å². The third kappa shape index (κ3) is 4.95. The van der Waals surface area contributed by atoms with Crippen molar-refractivity contribution in [3.05, 3.63) is 0 Å². The molecule has 0 saturated carbocycles. The van der Waals surface area contributed by atoms with E-state index < -0.39 is 29.6 Å². The Balaban J connectivity index is 4.78. The van der Waals surface area contributed by atoms with Crippen LogP contribution < -0.4 is 0 Å². The zero-order chi connectivity index (χ0) is 14.1. The number of carbonyl (C=O) groups excluding carboxylic acids is 3. The van der Waals surface area contributed by atoms with Crippen LogP contribution in [-0.2, 0) is 23.9 Å². The van der Waals surface area contributed by atoms with Crippen molar-refractivity contribution in [1.82, 2.24) is 0 Å². The van der Waals surface area contributed by atoms with Crippen LogP contribution in [0.15, 0.2) is 0 Å². The smallest absolute Gasteiger partial charge is 0.320 e. The Hall–Kier alpha value is -1.90. The molecule has 6 heteroatoms. The van der Waals surface area contributed by atoms with E-state index in [0.717, 1.165) is 0 Å². The molecule has 1 atom stereocenters. The minimum absolute atomic E-state index is 0.108. The molecule has 0 aliphatic heterocycles. The summed E-state index contributed by atoms with van der Waals surface area (Å²) in [6.45, 7) is 4.82. The average Bonchev–Trinajstić information content (AvgIpc) is 2.34. The van der Waals surface area contributed by atoms with Crippen LogP contribution in [-0.4, -0.2) is 30.9 Å². The summed E-state index contributed by atoms with van der Waals surface area (Å²) in [4.78, 5) is 34.7. The van der Waals surface area contributed by atoms with Crippen LogP contribution in [0, 0.1) is 23.2 Å². The molecule has 0 bridgehead atoms. The number of ether oxygens (including phenoxy) is 2. The molecular weight excluding hydrogens is 238 g/mol. The Labute approximate surface area is 106 Å². The molecule has 0 saturated heterocycles. The Morgan fingerprint density at radius 3 is 1.89 bits per heavy atom. The maximum absolute atomic E-state index is 11.6. The Morgan fingerprint density at radius 2 is 1.56 bits per heavy atom. The van der Waals surface area contributed by atoms with Gasteiger partial charge >= 0.3 is 11.9 Å². The van der Waals surface area contributed by atoms with Gasteiger partial charge in [-0.25, -0.2) is 0 Å². The van der Waals surface area contributed by atoms with E-state index in [1.165, 1.54) is 6.92 Å². The molecule has 0 radical (unpaired) electrons. The predicted octanol–water partition coefficient (Wildman–Crippen LogP) is 0.848. The molecule has 0 aromatic carbocycles. The number of hydrogen-bond acceptors (Lipinski definition) is 6. The molecule has 0 aromatic heterocycles. The number of hydrogen-bond donors (Lipinski definition) is 0. The number of Topliss-reactive ketones (excluding diaryl/α,β-unsaturated/α-hetero) is 1. The van der Waals surface area contributed by atoms with Gasteiger partial charge in [0.1, 0.15) is 5.92 Å². The fourth-order valence-corrected chi connectivity index (χ4v) is 1.20. The third-order valence-electron chi connectivity index (χ3n) is 2.22. The first-order valence-electron chi connectivity index (χ1n) is 5.73. The van der Waals surface area contributed by atoms with E-state index in [1.807, 2.05) is 0 Å². The summed E-state index contributed by atoms with van der Waals surface area (Å²) in [5.74, 6) is -4.22. The lowest BCUT2D eigenvalue weighted by Gasteiger charge is -2.14. The van der Waals surface area contributed by atoms with Gasteiger partial charge in [-0.1, -0.05) is 0 Å². The highest BCUT2D eigenvalue weighted by atomic mass is 16.6. The van der Waals surface area contributed by atoms with Gasteiger partial charge in [-0.3, -0.25) is 14.4 Å². The molecule has 100 valence electrons. The van der Waals surface area contributed by atoms with Crippen molar-refractivity contribution in [2.75, 3.05) is 13.2 Å². The fourth-order valence-electron chi connectivity index (χ4n) is 1.20. The molecule has 6 nitrogen and oxygen atoms in total. The maximum atomic E-state index is 11.6. The van der Waals surface area contributed by atoms with Gasteiger partial charge in [-0.15, -0.1) is 0 Å².